The number of hydrogen-bond acceptors (Lipinski definition) is 4. The van der Waals surface area contributed by atoms with Crippen LogP contribution in [0.25, 0.3) is 0 Å². The molecule has 130 valence electrons. The van der Waals surface area contributed by atoms with Gasteiger partial charge in [0.15, 0.2) is 10.7 Å². The SMILES string of the molecule is C=CCCc1cccnc1NS(=O)(=O)c1cc(C(F)(F)F)nn1C. The molecule has 6 nitrogen and oxygen atoms in total. The quantitative estimate of drug-likeness (QED) is 0.804. The van der Waals surface area contributed by atoms with E-state index in [4.69, 9.17) is 0 Å². The summed E-state index contributed by atoms with van der Waals surface area (Å²) in [5.41, 5.74) is -0.669. The Bertz CT molecular complexity index is 844. The molecule has 0 fully saturated rings. The van der Waals surface area contributed by atoms with Crippen molar-refractivity contribution in [1.29, 1.82) is 0 Å². The molecule has 0 atom stereocenters. The lowest BCUT2D eigenvalue weighted by Crippen LogP contribution is -2.18. The van der Waals surface area contributed by atoms with Gasteiger partial charge in [-0.3, -0.25) is 9.40 Å². The Hall–Kier alpha value is -2.36. The number of alkyl halides is 3. The van der Waals surface area contributed by atoms with Gasteiger partial charge >= 0.3 is 6.18 Å². The van der Waals surface area contributed by atoms with E-state index in [1.807, 2.05) is 0 Å². The van der Waals surface area contributed by atoms with Crippen molar-refractivity contribution in [2.75, 3.05) is 4.72 Å². The minimum atomic E-state index is -4.73. The predicted molar refractivity (Wildman–Crippen MR) is 81.8 cm³/mol. The van der Waals surface area contributed by atoms with Crippen LogP contribution in [0.3, 0.4) is 0 Å². The molecule has 0 aromatic carbocycles. The number of pyridine rings is 1. The summed E-state index contributed by atoms with van der Waals surface area (Å²) >= 11 is 0. The second kappa shape index (κ2) is 6.63. The molecule has 2 aromatic heterocycles. The summed E-state index contributed by atoms with van der Waals surface area (Å²) in [4.78, 5) is 3.95. The molecule has 0 bridgehead atoms. The molecule has 1 N–H and O–H groups in total. The van der Waals surface area contributed by atoms with E-state index in [9.17, 15) is 21.6 Å². The van der Waals surface area contributed by atoms with Crippen molar-refractivity contribution in [2.24, 2.45) is 7.05 Å². The molecule has 0 radical (unpaired) electrons. The van der Waals surface area contributed by atoms with E-state index in [0.717, 1.165) is 7.05 Å². The molecule has 24 heavy (non-hydrogen) atoms. The van der Waals surface area contributed by atoms with Crippen LogP contribution in [0.15, 0.2) is 42.1 Å². The van der Waals surface area contributed by atoms with Gasteiger partial charge in [0.2, 0.25) is 0 Å². The highest BCUT2D eigenvalue weighted by molar-refractivity contribution is 7.92. The molecule has 0 saturated carbocycles. The van der Waals surface area contributed by atoms with E-state index in [1.54, 1.807) is 18.2 Å². The molecular formula is C14H15F3N4O2S. The van der Waals surface area contributed by atoms with Gasteiger partial charge in [-0.05, 0) is 24.5 Å². The third-order valence-electron chi connectivity index (χ3n) is 3.14. The molecule has 10 heteroatoms. The highest BCUT2D eigenvalue weighted by Gasteiger charge is 2.36. The van der Waals surface area contributed by atoms with Crippen LogP contribution in [-0.4, -0.2) is 23.2 Å². The first-order chi connectivity index (χ1) is 11.1. The summed E-state index contributed by atoms with van der Waals surface area (Å²) in [7, 11) is -3.14. The molecule has 0 unspecified atom stereocenters. The molecule has 2 heterocycles. The molecule has 0 saturated heterocycles. The van der Waals surface area contributed by atoms with Gasteiger partial charge in [0, 0.05) is 19.3 Å². The number of allylic oxidation sites excluding steroid dienone is 1. The third kappa shape index (κ3) is 3.94. The minimum Gasteiger partial charge on any atom is -0.262 e. The van der Waals surface area contributed by atoms with Crippen LogP contribution in [0.2, 0.25) is 0 Å². The van der Waals surface area contributed by atoms with Crippen LogP contribution in [0.5, 0.6) is 0 Å². The number of hydrogen-bond donors (Lipinski definition) is 1. The average Bonchev–Trinajstić information content (AvgIpc) is 2.89. The van der Waals surface area contributed by atoms with Gasteiger partial charge in [0.25, 0.3) is 10.0 Å². The number of anilines is 1. The van der Waals surface area contributed by atoms with Crippen molar-refractivity contribution in [3.8, 4) is 0 Å². The topological polar surface area (TPSA) is 76.9 Å². The van der Waals surface area contributed by atoms with Crippen LogP contribution in [0.4, 0.5) is 19.0 Å². The van der Waals surface area contributed by atoms with Crippen molar-refractivity contribution in [2.45, 2.75) is 24.0 Å². The molecule has 0 spiro atoms. The van der Waals surface area contributed by atoms with Crippen molar-refractivity contribution in [3.05, 3.63) is 48.3 Å². The normalized spacial score (nSPS) is 12.2. The lowest BCUT2D eigenvalue weighted by atomic mass is 10.1. The van der Waals surface area contributed by atoms with Gasteiger partial charge in [0.1, 0.15) is 5.82 Å². The van der Waals surface area contributed by atoms with Crippen molar-refractivity contribution < 1.29 is 21.6 Å². The van der Waals surface area contributed by atoms with Gasteiger partial charge in [-0.1, -0.05) is 12.1 Å². The number of nitrogens with one attached hydrogen (secondary N) is 1. The summed E-state index contributed by atoms with van der Waals surface area (Å²) in [6, 6.07) is 3.80. The number of halogens is 3. The average molecular weight is 360 g/mol. The molecular weight excluding hydrogens is 345 g/mol. The molecule has 0 amide bonds. The largest absolute Gasteiger partial charge is 0.435 e. The van der Waals surface area contributed by atoms with Crippen LogP contribution in [-0.2, 0) is 29.7 Å². The monoisotopic (exact) mass is 360 g/mol. The second-order valence-corrected chi connectivity index (χ2v) is 6.56. The highest BCUT2D eigenvalue weighted by Crippen LogP contribution is 2.30. The standard InChI is InChI=1S/C14H15F3N4O2S/c1-3-4-6-10-7-5-8-18-13(10)20-24(22,23)12-9-11(14(15,16)17)19-21(12)2/h3,5,7-9H,1,4,6H2,2H3,(H,18,20). The first-order valence-corrected chi connectivity index (χ1v) is 8.32. The third-order valence-corrected chi connectivity index (χ3v) is 4.54. The fourth-order valence-corrected chi connectivity index (χ4v) is 3.21. The fourth-order valence-electron chi connectivity index (χ4n) is 2.01. The minimum absolute atomic E-state index is 0.0640. The van der Waals surface area contributed by atoms with Crippen LogP contribution >= 0.6 is 0 Å². The zero-order valence-electron chi connectivity index (χ0n) is 12.7. The first kappa shape index (κ1) is 18.0. The van der Waals surface area contributed by atoms with E-state index in [2.05, 4.69) is 21.4 Å². The number of sulfonamides is 1. The lowest BCUT2D eigenvalue weighted by molar-refractivity contribution is -0.141. The fraction of sp³-hybridized carbons (Fsp3) is 0.286. The predicted octanol–water partition coefficient (Wildman–Crippen LogP) is 2.75. The summed E-state index contributed by atoms with van der Waals surface area (Å²) in [6.45, 7) is 3.59. The van der Waals surface area contributed by atoms with Gasteiger partial charge in [0.05, 0.1) is 0 Å². The summed E-state index contributed by atoms with van der Waals surface area (Å²) < 4.78 is 65.7. The van der Waals surface area contributed by atoms with E-state index >= 15 is 0 Å². The molecule has 2 aromatic rings. The molecule has 0 aliphatic heterocycles. The van der Waals surface area contributed by atoms with Crippen molar-refractivity contribution in [1.82, 2.24) is 14.8 Å². The Balaban J connectivity index is 2.36. The molecule has 2 rings (SSSR count). The zero-order chi connectivity index (χ0) is 18.0. The van der Waals surface area contributed by atoms with Crippen LogP contribution in [0.1, 0.15) is 17.7 Å². The van der Waals surface area contributed by atoms with Crippen molar-refractivity contribution in [3.63, 3.8) is 0 Å². The maximum Gasteiger partial charge on any atom is 0.435 e. The Morgan fingerprint density at radius 2 is 2.12 bits per heavy atom. The van der Waals surface area contributed by atoms with Crippen LogP contribution in [0, 0.1) is 0 Å². The second-order valence-electron chi connectivity index (χ2n) is 4.93. The number of nitrogens with zero attached hydrogens (tertiary/aromatic N) is 3. The Kier molecular flexibility index (Phi) is 4.97. The zero-order valence-corrected chi connectivity index (χ0v) is 13.5. The van der Waals surface area contributed by atoms with E-state index in [0.29, 0.717) is 29.2 Å². The van der Waals surface area contributed by atoms with E-state index in [-0.39, 0.29) is 5.82 Å². The number of rotatable bonds is 6. The Labute approximate surface area is 137 Å². The van der Waals surface area contributed by atoms with Gasteiger partial charge in [-0.2, -0.15) is 26.7 Å². The smallest absolute Gasteiger partial charge is 0.262 e. The molecule has 0 aliphatic rings. The van der Waals surface area contributed by atoms with Crippen molar-refractivity contribution >= 4 is 15.8 Å². The summed E-state index contributed by atoms with van der Waals surface area (Å²) in [5, 5.41) is 2.60. The van der Waals surface area contributed by atoms with E-state index in [1.165, 1.54) is 6.20 Å². The summed E-state index contributed by atoms with van der Waals surface area (Å²) in [5.74, 6) is 0.0640. The van der Waals surface area contributed by atoms with Gasteiger partial charge < -0.3 is 0 Å². The maximum absolute atomic E-state index is 12.7. The first-order valence-electron chi connectivity index (χ1n) is 6.84. The number of aromatic nitrogens is 3. The van der Waals surface area contributed by atoms with Gasteiger partial charge in [-0.25, -0.2) is 4.98 Å². The number of aryl methyl sites for hydroxylation is 2. The Morgan fingerprint density at radius 3 is 2.71 bits per heavy atom. The van der Waals surface area contributed by atoms with E-state index < -0.39 is 26.9 Å². The van der Waals surface area contributed by atoms with Crippen LogP contribution < -0.4 is 4.72 Å². The van der Waals surface area contributed by atoms with Gasteiger partial charge in [-0.15, -0.1) is 6.58 Å². The highest BCUT2D eigenvalue weighted by atomic mass is 32.2. The molecule has 0 aliphatic carbocycles. The summed E-state index contributed by atoms with van der Waals surface area (Å²) in [6.07, 6.45) is -0.577. The Morgan fingerprint density at radius 1 is 1.42 bits per heavy atom. The lowest BCUT2D eigenvalue weighted by Gasteiger charge is -2.10. The maximum atomic E-state index is 12.7.